The normalized spacial score (nSPS) is 12.0. The molecule has 0 fully saturated rings. The van der Waals surface area contributed by atoms with Crippen LogP contribution in [0.2, 0.25) is 0 Å². The van der Waals surface area contributed by atoms with Crippen molar-refractivity contribution in [1.29, 1.82) is 0 Å². The minimum absolute atomic E-state index is 0.0858. The van der Waals surface area contributed by atoms with Crippen LogP contribution < -0.4 is 10.1 Å². The first-order chi connectivity index (χ1) is 10.1. The average Bonchev–Trinajstić information content (AvgIpc) is 2.94. The fraction of sp³-hybridized carbons (Fsp3) is 0.333. The summed E-state index contributed by atoms with van der Waals surface area (Å²) >= 11 is 1.31. The summed E-state index contributed by atoms with van der Waals surface area (Å²) in [6.07, 6.45) is 0.423. The number of thiazole rings is 1. The van der Waals surface area contributed by atoms with Crippen molar-refractivity contribution in [2.45, 2.75) is 25.9 Å². The molecule has 6 heteroatoms. The Kier molecular flexibility index (Phi) is 5.30. The second-order valence-electron chi connectivity index (χ2n) is 4.65. The number of carbonyl (C=O) groups is 1. The molecule has 1 amide bonds. The number of benzene rings is 1. The van der Waals surface area contributed by atoms with Crippen molar-refractivity contribution in [3.8, 4) is 5.75 Å². The highest BCUT2D eigenvalue weighted by molar-refractivity contribution is 7.13. The fourth-order valence-corrected chi connectivity index (χ4v) is 2.58. The Bertz CT molecular complexity index is 593. The van der Waals surface area contributed by atoms with Crippen LogP contribution in [0.4, 0.5) is 5.13 Å². The molecule has 1 atom stereocenters. The van der Waals surface area contributed by atoms with Crippen molar-refractivity contribution in [3.05, 3.63) is 40.9 Å². The predicted molar refractivity (Wildman–Crippen MR) is 82.7 cm³/mol. The number of ether oxygens (including phenoxy) is 1. The van der Waals surface area contributed by atoms with Gasteiger partial charge >= 0.3 is 0 Å². The van der Waals surface area contributed by atoms with Gasteiger partial charge < -0.3 is 15.2 Å². The van der Waals surface area contributed by atoms with Gasteiger partial charge in [0.25, 0.3) is 0 Å². The van der Waals surface area contributed by atoms with Gasteiger partial charge in [0.1, 0.15) is 5.75 Å². The van der Waals surface area contributed by atoms with E-state index in [4.69, 9.17) is 4.74 Å². The highest BCUT2D eigenvalue weighted by atomic mass is 32.1. The van der Waals surface area contributed by atoms with Crippen LogP contribution in [0.15, 0.2) is 29.6 Å². The van der Waals surface area contributed by atoms with Crippen molar-refractivity contribution in [2.75, 3.05) is 12.4 Å². The largest absolute Gasteiger partial charge is 0.497 e. The number of aryl methyl sites for hydroxylation is 1. The van der Waals surface area contributed by atoms with E-state index in [0.717, 1.165) is 11.3 Å². The molecule has 0 aliphatic rings. The SMILES string of the molecule is COc1ccc(CCC(=O)Nc2nc(C(C)O)cs2)cc1. The van der Waals surface area contributed by atoms with Gasteiger partial charge in [-0.25, -0.2) is 4.98 Å². The summed E-state index contributed by atoms with van der Waals surface area (Å²) in [4.78, 5) is 16.0. The second kappa shape index (κ2) is 7.19. The van der Waals surface area contributed by atoms with Crippen molar-refractivity contribution in [2.24, 2.45) is 0 Å². The summed E-state index contributed by atoms with van der Waals surface area (Å²) in [5.74, 6) is 0.717. The number of hydrogen-bond donors (Lipinski definition) is 2. The smallest absolute Gasteiger partial charge is 0.226 e. The predicted octanol–water partition coefficient (Wildman–Crippen LogP) is 2.78. The Balaban J connectivity index is 1.83. The Morgan fingerprint density at radius 1 is 1.43 bits per heavy atom. The number of rotatable bonds is 6. The zero-order valence-corrected chi connectivity index (χ0v) is 12.8. The molecule has 0 spiro atoms. The molecule has 0 bridgehead atoms. The molecular weight excluding hydrogens is 288 g/mol. The van der Waals surface area contributed by atoms with E-state index in [2.05, 4.69) is 10.3 Å². The van der Waals surface area contributed by atoms with Gasteiger partial charge in [-0.15, -0.1) is 11.3 Å². The van der Waals surface area contributed by atoms with Gasteiger partial charge in [-0.05, 0) is 31.0 Å². The first-order valence-corrected chi connectivity index (χ1v) is 7.52. The standard InChI is InChI=1S/C15H18N2O3S/c1-10(18)13-9-21-15(16-13)17-14(19)8-5-11-3-6-12(20-2)7-4-11/h3-4,6-7,9-10,18H,5,8H2,1-2H3,(H,16,17,19). The number of nitrogens with one attached hydrogen (secondary N) is 1. The van der Waals surface area contributed by atoms with E-state index in [1.807, 2.05) is 24.3 Å². The number of aliphatic hydroxyl groups is 1. The lowest BCUT2D eigenvalue weighted by Gasteiger charge is -2.04. The summed E-state index contributed by atoms with van der Waals surface area (Å²) in [5, 5.41) is 14.4. The average molecular weight is 306 g/mol. The maximum Gasteiger partial charge on any atom is 0.226 e. The zero-order chi connectivity index (χ0) is 15.2. The molecule has 0 radical (unpaired) electrons. The molecule has 1 heterocycles. The van der Waals surface area contributed by atoms with E-state index in [-0.39, 0.29) is 5.91 Å². The molecular formula is C15H18N2O3S. The highest BCUT2D eigenvalue weighted by Crippen LogP contribution is 2.20. The Morgan fingerprint density at radius 2 is 2.14 bits per heavy atom. The number of amides is 1. The Labute approximate surface area is 127 Å². The van der Waals surface area contributed by atoms with Crippen molar-refractivity contribution in [3.63, 3.8) is 0 Å². The second-order valence-corrected chi connectivity index (χ2v) is 5.51. The molecule has 112 valence electrons. The van der Waals surface area contributed by atoms with Gasteiger partial charge in [-0.2, -0.15) is 0 Å². The van der Waals surface area contributed by atoms with Crippen molar-refractivity contribution in [1.82, 2.24) is 4.98 Å². The van der Waals surface area contributed by atoms with Gasteiger partial charge in [-0.3, -0.25) is 4.79 Å². The maximum atomic E-state index is 11.9. The summed E-state index contributed by atoms with van der Waals surface area (Å²) in [5.41, 5.74) is 1.65. The zero-order valence-electron chi connectivity index (χ0n) is 12.0. The molecule has 0 saturated heterocycles. The van der Waals surface area contributed by atoms with E-state index in [1.165, 1.54) is 11.3 Å². The van der Waals surface area contributed by atoms with Gasteiger partial charge in [0.05, 0.1) is 18.9 Å². The van der Waals surface area contributed by atoms with Crippen LogP contribution in [0.25, 0.3) is 0 Å². The topological polar surface area (TPSA) is 71.5 Å². The minimum Gasteiger partial charge on any atom is -0.497 e. The van der Waals surface area contributed by atoms with E-state index in [0.29, 0.717) is 23.7 Å². The van der Waals surface area contributed by atoms with Crippen LogP contribution in [-0.4, -0.2) is 23.1 Å². The number of methoxy groups -OCH3 is 1. The van der Waals surface area contributed by atoms with E-state index >= 15 is 0 Å². The van der Waals surface area contributed by atoms with Crippen molar-refractivity contribution < 1.29 is 14.6 Å². The Morgan fingerprint density at radius 3 is 2.71 bits per heavy atom. The molecule has 2 rings (SSSR count). The monoisotopic (exact) mass is 306 g/mol. The Hall–Kier alpha value is -1.92. The van der Waals surface area contributed by atoms with Gasteiger partial charge in [0.2, 0.25) is 5.91 Å². The molecule has 1 aromatic heterocycles. The molecule has 21 heavy (non-hydrogen) atoms. The summed E-state index contributed by atoms with van der Waals surface area (Å²) in [6, 6.07) is 7.65. The number of nitrogens with zero attached hydrogens (tertiary/aromatic N) is 1. The van der Waals surface area contributed by atoms with Gasteiger partial charge in [0, 0.05) is 11.8 Å². The lowest BCUT2D eigenvalue weighted by atomic mass is 10.1. The van der Waals surface area contributed by atoms with E-state index in [1.54, 1.807) is 19.4 Å². The number of carbonyl (C=O) groups excluding carboxylic acids is 1. The summed E-state index contributed by atoms with van der Waals surface area (Å²) in [7, 11) is 1.62. The quantitative estimate of drug-likeness (QED) is 0.861. The lowest BCUT2D eigenvalue weighted by Crippen LogP contribution is -2.12. The van der Waals surface area contributed by atoms with Crippen LogP contribution in [-0.2, 0) is 11.2 Å². The highest BCUT2D eigenvalue weighted by Gasteiger charge is 2.09. The summed E-state index contributed by atoms with van der Waals surface area (Å²) in [6.45, 7) is 1.64. The first-order valence-electron chi connectivity index (χ1n) is 6.64. The maximum absolute atomic E-state index is 11.9. The van der Waals surface area contributed by atoms with Crippen LogP contribution in [0.3, 0.4) is 0 Å². The van der Waals surface area contributed by atoms with Crippen LogP contribution in [0, 0.1) is 0 Å². The third kappa shape index (κ3) is 4.54. The summed E-state index contributed by atoms with van der Waals surface area (Å²) < 4.78 is 5.09. The third-order valence-corrected chi connectivity index (χ3v) is 3.77. The molecule has 1 aromatic carbocycles. The number of hydrogen-bond acceptors (Lipinski definition) is 5. The van der Waals surface area contributed by atoms with Gasteiger partial charge in [-0.1, -0.05) is 12.1 Å². The molecule has 2 N–H and O–H groups in total. The molecule has 0 saturated carbocycles. The number of aliphatic hydroxyl groups excluding tert-OH is 1. The van der Waals surface area contributed by atoms with Gasteiger partial charge in [0.15, 0.2) is 5.13 Å². The fourth-order valence-electron chi connectivity index (χ4n) is 1.77. The lowest BCUT2D eigenvalue weighted by molar-refractivity contribution is -0.116. The van der Waals surface area contributed by atoms with E-state index < -0.39 is 6.10 Å². The molecule has 0 aliphatic carbocycles. The van der Waals surface area contributed by atoms with E-state index in [9.17, 15) is 9.90 Å². The molecule has 5 nitrogen and oxygen atoms in total. The first kappa shape index (κ1) is 15.5. The molecule has 1 unspecified atom stereocenters. The van der Waals surface area contributed by atoms with Crippen LogP contribution in [0.5, 0.6) is 5.75 Å². The number of anilines is 1. The van der Waals surface area contributed by atoms with Crippen LogP contribution in [0.1, 0.15) is 30.7 Å². The van der Waals surface area contributed by atoms with Crippen molar-refractivity contribution >= 4 is 22.4 Å². The number of aromatic nitrogens is 1. The minimum atomic E-state index is -0.619. The third-order valence-electron chi connectivity index (χ3n) is 3.00. The van der Waals surface area contributed by atoms with Crippen LogP contribution >= 0.6 is 11.3 Å². The molecule has 2 aromatic rings. The molecule has 0 aliphatic heterocycles.